The lowest BCUT2D eigenvalue weighted by Gasteiger charge is -2.05. The minimum Gasteiger partial charge on any atom is -0.281 e. The molecule has 0 aliphatic heterocycles. The molecule has 3 aromatic rings. The van der Waals surface area contributed by atoms with E-state index in [1.807, 2.05) is 6.07 Å². The van der Waals surface area contributed by atoms with E-state index in [-0.39, 0.29) is 11.4 Å². The summed E-state index contributed by atoms with van der Waals surface area (Å²) < 4.78 is 29.5. The molecule has 0 bridgehead atoms. The number of aryl methyl sites for hydroxylation is 1. The van der Waals surface area contributed by atoms with Gasteiger partial charge in [-0.25, -0.2) is 8.78 Å². The van der Waals surface area contributed by atoms with Crippen LogP contribution in [0.25, 0.3) is 17.0 Å². The van der Waals surface area contributed by atoms with E-state index >= 15 is 0 Å². The molecule has 0 atom stereocenters. The molecule has 0 unspecified atom stereocenters. The maximum atomic E-state index is 14.1. The molecule has 1 aromatic carbocycles. The van der Waals surface area contributed by atoms with Crippen LogP contribution in [0, 0.1) is 29.9 Å². The number of fused-ring (bicyclic) bond motifs is 1. The van der Waals surface area contributed by atoms with Gasteiger partial charge in [-0.15, -0.1) is 10.2 Å². The zero-order chi connectivity index (χ0) is 14.3. The van der Waals surface area contributed by atoms with Crippen molar-refractivity contribution in [3.63, 3.8) is 0 Å². The third-order valence-electron chi connectivity index (χ3n) is 3.04. The Morgan fingerprint density at radius 2 is 1.95 bits per heavy atom. The topological polar surface area (TPSA) is 54.0 Å². The number of hydrogen-bond acceptors (Lipinski definition) is 3. The first-order chi connectivity index (χ1) is 9.61. The van der Waals surface area contributed by atoms with Crippen LogP contribution in [0.3, 0.4) is 0 Å². The van der Waals surface area contributed by atoms with Crippen molar-refractivity contribution in [1.29, 1.82) is 5.26 Å². The Hall–Kier alpha value is -2.81. The first kappa shape index (κ1) is 12.2. The summed E-state index contributed by atoms with van der Waals surface area (Å²) in [5, 5.41) is 16.6. The summed E-state index contributed by atoms with van der Waals surface area (Å²) in [4.78, 5) is 0. The first-order valence-electron chi connectivity index (χ1n) is 5.81. The Balaban J connectivity index is 2.36. The number of aromatic nitrogens is 3. The molecular formula is C14H8F2N4. The van der Waals surface area contributed by atoms with Crippen LogP contribution in [-0.4, -0.2) is 14.6 Å². The molecule has 0 saturated heterocycles. The number of rotatable bonds is 1. The SMILES string of the molecule is Cc1ccc(F)c(-c2nnc3ccc(C#N)cn23)c1F. The summed E-state index contributed by atoms with van der Waals surface area (Å²) in [5.41, 5.74) is 0.841. The molecule has 20 heavy (non-hydrogen) atoms. The van der Waals surface area contributed by atoms with Gasteiger partial charge in [0.2, 0.25) is 0 Å². The molecule has 0 spiro atoms. The summed E-state index contributed by atoms with van der Waals surface area (Å²) in [7, 11) is 0. The lowest BCUT2D eigenvalue weighted by atomic mass is 10.1. The Bertz CT molecular complexity index is 861. The number of pyridine rings is 1. The molecule has 0 N–H and O–H groups in total. The zero-order valence-electron chi connectivity index (χ0n) is 10.4. The van der Waals surface area contributed by atoms with Gasteiger partial charge >= 0.3 is 0 Å². The van der Waals surface area contributed by atoms with Gasteiger partial charge in [-0.05, 0) is 30.7 Å². The normalized spacial score (nSPS) is 10.7. The number of benzene rings is 1. The molecule has 0 aliphatic carbocycles. The summed E-state index contributed by atoms with van der Waals surface area (Å²) in [6.45, 7) is 1.54. The van der Waals surface area contributed by atoms with E-state index in [1.165, 1.54) is 22.7 Å². The predicted molar refractivity (Wildman–Crippen MR) is 67.8 cm³/mol. The summed E-state index contributed by atoms with van der Waals surface area (Å²) in [5.74, 6) is -1.36. The molecule has 2 aromatic heterocycles. The van der Waals surface area contributed by atoms with Crippen molar-refractivity contribution in [2.24, 2.45) is 0 Å². The van der Waals surface area contributed by atoms with E-state index in [0.717, 1.165) is 0 Å². The van der Waals surface area contributed by atoms with Crippen LogP contribution in [0.5, 0.6) is 0 Å². The smallest absolute Gasteiger partial charge is 0.174 e. The molecule has 2 heterocycles. The van der Waals surface area contributed by atoms with E-state index in [4.69, 9.17) is 5.26 Å². The Kier molecular flexibility index (Phi) is 2.68. The van der Waals surface area contributed by atoms with Gasteiger partial charge in [0.05, 0.1) is 11.1 Å². The number of halogens is 2. The maximum Gasteiger partial charge on any atom is 0.174 e. The standard InChI is InChI=1S/C14H8F2N4/c1-8-2-4-10(15)12(13(8)16)14-19-18-11-5-3-9(6-17)7-20(11)14/h2-5,7H,1H3. The highest BCUT2D eigenvalue weighted by atomic mass is 19.1. The minimum atomic E-state index is -0.718. The van der Waals surface area contributed by atoms with Gasteiger partial charge in [-0.3, -0.25) is 4.40 Å². The van der Waals surface area contributed by atoms with Crippen LogP contribution in [0.2, 0.25) is 0 Å². The van der Waals surface area contributed by atoms with Gasteiger partial charge in [0, 0.05) is 6.20 Å². The fraction of sp³-hybridized carbons (Fsp3) is 0.0714. The van der Waals surface area contributed by atoms with Crippen LogP contribution >= 0.6 is 0 Å². The molecule has 4 nitrogen and oxygen atoms in total. The van der Waals surface area contributed by atoms with Gasteiger partial charge in [-0.2, -0.15) is 5.26 Å². The fourth-order valence-corrected chi connectivity index (χ4v) is 1.99. The Morgan fingerprint density at radius 3 is 2.70 bits per heavy atom. The summed E-state index contributed by atoms with van der Waals surface area (Å²) in [6, 6.07) is 7.64. The van der Waals surface area contributed by atoms with Gasteiger partial charge in [0.1, 0.15) is 17.7 Å². The zero-order valence-corrected chi connectivity index (χ0v) is 10.4. The van der Waals surface area contributed by atoms with Crippen LogP contribution < -0.4 is 0 Å². The fourth-order valence-electron chi connectivity index (χ4n) is 1.99. The molecule has 0 radical (unpaired) electrons. The maximum absolute atomic E-state index is 14.1. The van der Waals surface area contributed by atoms with E-state index in [0.29, 0.717) is 16.8 Å². The molecule has 0 fully saturated rings. The van der Waals surface area contributed by atoms with Crippen LogP contribution in [0.1, 0.15) is 11.1 Å². The lowest BCUT2D eigenvalue weighted by molar-refractivity contribution is 0.581. The minimum absolute atomic E-state index is 0.0378. The Labute approximate surface area is 112 Å². The van der Waals surface area contributed by atoms with Crippen LogP contribution in [-0.2, 0) is 0 Å². The molecule has 3 rings (SSSR count). The highest BCUT2D eigenvalue weighted by Crippen LogP contribution is 2.27. The molecule has 0 saturated carbocycles. The second-order valence-electron chi connectivity index (χ2n) is 4.33. The monoisotopic (exact) mass is 270 g/mol. The van der Waals surface area contributed by atoms with E-state index in [1.54, 1.807) is 19.1 Å². The van der Waals surface area contributed by atoms with Gasteiger partial charge in [0.15, 0.2) is 11.5 Å². The summed E-state index contributed by atoms with van der Waals surface area (Å²) in [6.07, 6.45) is 1.45. The predicted octanol–water partition coefficient (Wildman–Crippen LogP) is 2.85. The Morgan fingerprint density at radius 1 is 1.15 bits per heavy atom. The second-order valence-corrected chi connectivity index (χ2v) is 4.33. The molecule has 98 valence electrons. The van der Waals surface area contributed by atoms with E-state index in [9.17, 15) is 8.78 Å². The number of nitrogens with zero attached hydrogens (tertiary/aromatic N) is 4. The lowest BCUT2D eigenvalue weighted by Crippen LogP contribution is -1.98. The van der Waals surface area contributed by atoms with Crippen molar-refractivity contribution in [3.8, 4) is 17.5 Å². The average molecular weight is 270 g/mol. The second kappa shape index (κ2) is 4.38. The first-order valence-corrected chi connectivity index (χ1v) is 5.81. The third kappa shape index (κ3) is 1.72. The van der Waals surface area contributed by atoms with Gasteiger partial charge in [-0.1, -0.05) is 6.07 Å². The highest BCUT2D eigenvalue weighted by Gasteiger charge is 2.19. The highest BCUT2D eigenvalue weighted by molar-refractivity contribution is 5.62. The van der Waals surface area contributed by atoms with Gasteiger partial charge in [0.25, 0.3) is 0 Å². The largest absolute Gasteiger partial charge is 0.281 e. The van der Waals surface area contributed by atoms with Crippen molar-refractivity contribution in [3.05, 3.63) is 53.2 Å². The van der Waals surface area contributed by atoms with E-state index < -0.39 is 11.6 Å². The van der Waals surface area contributed by atoms with Crippen molar-refractivity contribution in [1.82, 2.24) is 14.6 Å². The molecule has 6 heteroatoms. The third-order valence-corrected chi connectivity index (χ3v) is 3.04. The van der Waals surface area contributed by atoms with E-state index in [2.05, 4.69) is 10.2 Å². The van der Waals surface area contributed by atoms with Crippen molar-refractivity contribution in [2.75, 3.05) is 0 Å². The number of hydrogen-bond donors (Lipinski definition) is 0. The number of nitriles is 1. The average Bonchev–Trinajstić information content (AvgIpc) is 2.86. The van der Waals surface area contributed by atoms with Crippen molar-refractivity contribution < 1.29 is 8.78 Å². The van der Waals surface area contributed by atoms with Crippen molar-refractivity contribution >= 4 is 5.65 Å². The molecular weight excluding hydrogens is 262 g/mol. The molecule has 0 amide bonds. The van der Waals surface area contributed by atoms with Gasteiger partial charge < -0.3 is 0 Å². The van der Waals surface area contributed by atoms with Crippen LogP contribution in [0.4, 0.5) is 8.78 Å². The summed E-state index contributed by atoms with van der Waals surface area (Å²) >= 11 is 0. The quantitative estimate of drug-likeness (QED) is 0.683. The van der Waals surface area contributed by atoms with Crippen molar-refractivity contribution in [2.45, 2.75) is 6.92 Å². The molecule has 0 aliphatic rings. The van der Waals surface area contributed by atoms with Crippen LogP contribution in [0.15, 0.2) is 30.5 Å².